The molecule has 1 fully saturated rings. The quantitative estimate of drug-likeness (QED) is 0.460. The number of carbonyl (C=O) groups excluding carboxylic acids is 1. The Kier molecular flexibility index (Phi) is 8.25. The summed E-state index contributed by atoms with van der Waals surface area (Å²) in [6, 6.07) is 13.8. The van der Waals surface area contributed by atoms with Crippen molar-refractivity contribution in [1.29, 1.82) is 0 Å². The van der Waals surface area contributed by atoms with Crippen molar-refractivity contribution in [3.05, 3.63) is 58.1 Å². The van der Waals surface area contributed by atoms with Crippen LogP contribution in [0.1, 0.15) is 22.3 Å². The molecular formula is C22H25BrClN3O2S. The maximum Gasteiger partial charge on any atom is 0.260 e. The van der Waals surface area contributed by atoms with E-state index < -0.39 is 0 Å². The fourth-order valence-electron chi connectivity index (χ4n) is 3.50. The molecule has 30 heavy (non-hydrogen) atoms. The normalized spacial score (nSPS) is 14.5. The van der Waals surface area contributed by atoms with E-state index in [1.54, 1.807) is 11.3 Å². The first-order valence-electron chi connectivity index (χ1n) is 9.85. The molecule has 8 heteroatoms. The Balaban J connectivity index is 0.00000256. The van der Waals surface area contributed by atoms with Crippen molar-refractivity contribution in [2.75, 3.05) is 44.3 Å². The van der Waals surface area contributed by atoms with Crippen LogP contribution in [0.15, 0.2) is 46.9 Å². The number of halogens is 2. The molecule has 2 aromatic carbocycles. The lowest BCUT2D eigenvalue weighted by molar-refractivity contribution is 0.0376. The molecule has 1 saturated heterocycles. The standard InChI is InChI=1S/C22H24BrN3O2S.ClH/c1-16-4-2-5-17(14-16)21(27)26(9-3-8-25-10-12-28-13-11-25)22-24-19-7-6-18(23)15-20(19)29-22;/h2,4-7,14-15H,3,8-13H2,1H3;1H. The summed E-state index contributed by atoms with van der Waals surface area (Å²) in [5, 5.41) is 0.756. The first kappa shape index (κ1) is 23.2. The van der Waals surface area contributed by atoms with Gasteiger partial charge in [0.05, 0.1) is 23.4 Å². The average molecular weight is 511 g/mol. The molecule has 3 aromatic rings. The van der Waals surface area contributed by atoms with E-state index in [0.717, 1.165) is 64.7 Å². The molecule has 2 heterocycles. The molecule has 160 valence electrons. The number of anilines is 1. The highest BCUT2D eigenvalue weighted by Gasteiger charge is 2.22. The van der Waals surface area contributed by atoms with Gasteiger partial charge in [0.1, 0.15) is 0 Å². The minimum atomic E-state index is 0. The van der Waals surface area contributed by atoms with E-state index in [4.69, 9.17) is 9.72 Å². The lowest BCUT2D eigenvalue weighted by atomic mass is 10.1. The molecule has 0 bridgehead atoms. The van der Waals surface area contributed by atoms with Crippen molar-refractivity contribution in [2.24, 2.45) is 0 Å². The second-order valence-corrected chi connectivity index (χ2v) is 9.17. The van der Waals surface area contributed by atoms with Gasteiger partial charge in [-0.25, -0.2) is 4.98 Å². The molecule has 0 radical (unpaired) electrons. The monoisotopic (exact) mass is 509 g/mol. The maximum atomic E-state index is 13.4. The van der Waals surface area contributed by atoms with Gasteiger partial charge in [-0.05, 0) is 43.7 Å². The lowest BCUT2D eigenvalue weighted by Crippen LogP contribution is -2.39. The molecule has 1 aromatic heterocycles. The average Bonchev–Trinajstić information content (AvgIpc) is 3.14. The van der Waals surface area contributed by atoms with Gasteiger partial charge in [-0.2, -0.15) is 0 Å². The van der Waals surface area contributed by atoms with Crippen molar-refractivity contribution in [1.82, 2.24) is 9.88 Å². The Morgan fingerprint density at radius 3 is 2.80 bits per heavy atom. The van der Waals surface area contributed by atoms with Crippen LogP contribution in [-0.2, 0) is 4.74 Å². The Morgan fingerprint density at radius 2 is 2.03 bits per heavy atom. The number of amides is 1. The molecule has 0 spiro atoms. The van der Waals surface area contributed by atoms with Crippen LogP contribution in [0.25, 0.3) is 10.2 Å². The van der Waals surface area contributed by atoms with Gasteiger partial charge in [0.2, 0.25) is 0 Å². The fraction of sp³-hybridized carbons (Fsp3) is 0.364. The second kappa shape index (κ2) is 10.7. The summed E-state index contributed by atoms with van der Waals surface area (Å²) in [5.74, 6) is 0.00815. The van der Waals surface area contributed by atoms with Gasteiger partial charge >= 0.3 is 0 Å². The lowest BCUT2D eigenvalue weighted by Gasteiger charge is -2.27. The molecule has 0 unspecified atom stereocenters. The Morgan fingerprint density at radius 1 is 1.23 bits per heavy atom. The van der Waals surface area contributed by atoms with Crippen molar-refractivity contribution in [3.8, 4) is 0 Å². The van der Waals surface area contributed by atoms with E-state index in [0.29, 0.717) is 12.1 Å². The maximum absolute atomic E-state index is 13.4. The first-order valence-corrected chi connectivity index (χ1v) is 11.5. The highest BCUT2D eigenvalue weighted by Crippen LogP contribution is 2.32. The van der Waals surface area contributed by atoms with Crippen molar-refractivity contribution >= 4 is 60.9 Å². The number of morpholine rings is 1. The van der Waals surface area contributed by atoms with E-state index in [-0.39, 0.29) is 18.3 Å². The smallest absolute Gasteiger partial charge is 0.260 e. The zero-order chi connectivity index (χ0) is 20.2. The van der Waals surface area contributed by atoms with Gasteiger partial charge in [0.25, 0.3) is 5.91 Å². The van der Waals surface area contributed by atoms with Crippen molar-refractivity contribution in [2.45, 2.75) is 13.3 Å². The molecule has 4 rings (SSSR count). The minimum Gasteiger partial charge on any atom is -0.379 e. The fourth-order valence-corrected chi connectivity index (χ4v) is 5.04. The predicted molar refractivity (Wildman–Crippen MR) is 129 cm³/mol. The van der Waals surface area contributed by atoms with Crippen molar-refractivity contribution in [3.63, 3.8) is 0 Å². The predicted octanol–water partition coefficient (Wildman–Crippen LogP) is 5.16. The number of thiazole rings is 1. The molecular weight excluding hydrogens is 486 g/mol. The third-order valence-corrected chi connectivity index (χ3v) is 6.57. The van der Waals surface area contributed by atoms with Crippen LogP contribution in [0.3, 0.4) is 0 Å². The van der Waals surface area contributed by atoms with Crippen LogP contribution >= 0.6 is 39.7 Å². The summed E-state index contributed by atoms with van der Waals surface area (Å²) in [5.41, 5.74) is 2.71. The van der Waals surface area contributed by atoms with Crippen LogP contribution in [0.4, 0.5) is 5.13 Å². The summed E-state index contributed by atoms with van der Waals surface area (Å²) in [6.07, 6.45) is 0.900. The largest absolute Gasteiger partial charge is 0.379 e. The Labute approximate surface area is 195 Å². The van der Waals surface area contributed by atoms with E-state index in [1.165, 1.54) is 0 Å². The summed E-state index contributed by atoms with van der Waals surface area (Å²) >= 11 is 5.08. The number of rotatable bonds is 6. The minimum absolute atomic E-state index is 0. The molecule has 1 amide bonds. The SMILES string of the molecule is Cc1cccc(C(=O)N(CCCN2CCOCC2)c2nc3ccc(Br)cc3s2)c1.Cl. The third kappa shape index (κ3) is 5.59. The Hall–Kier alpha value is -1.51. The van der Waals surface area contributed by atoms with Gasteiger partial charge in [0, 0.05) is 36.2 Å². The molecule has 5 nitrogen and oxygen atoms in total. The van der Waals surface area contributed by atoms with E-state index in [2.05, 4.69) is 26.9 Å². The molecule has 0 saturated carbocycles. The highest BCUT2D eigenvalue weighted by atomic mass is 79.9. The first-order chi connectivity index (χ1) is 14.1. The van der Waals surface area contributed by atoms with Crippen LogP contribution in [0.5, 0.6) is 0 Å². The van der Waals surface area contributed by atoms with Gasteiger partial charge < -0.3 is 4.74 Å². The van der Waals surface area contributed by atoms with E-state index in [1.807, 2.05) is 48.2 Å². The van der Waals surface area contributed by atoms with Gasteiger partial charge in [-0.1, -0.05) is 45.0 Å². The van der Waals surface area contributed by atoms with E-state index >= 15 is 0 Å². The number of aryl methyl sites for hydroxylation is 1. The summed E-state index contributed by atoms with van der Waals surface area (Å²) in [7, 11) is 0. The zero-order valence-corrected chi connectivity index (χ0v) is 20.1. The number of hydrogen-bond donors (Lipinski definition) is 0. The summed E-state index contributed by atoms with van der Waals surface area (Å²) < 4.78 is 7.52. The highest BCUT2D eigenvalue weighted by molar-refractivity contribution is 9.10. The number of aromatic nitrogens is 1. The van der Waals surface area contributed by atoms with E-state index in [9.17, 15) is 4.79 Å². The van der Waals surface area contributed by atoms with Crippen LogP contribution in [0.2, 0.25) is 0 Å². The van der Waals surface area contributed by atoms with Crippen molar-refractivity contribution < 1.29 is 9.53 Å². The number of nitrogens with zero attached hydrogens (tertiary/aromatic N) is 3. The molecule has 0 aliphatic carbocycles. The molecule has 1 aliphatic heterocycles. The number of benzene rings is 2. The topological polar surface area (TPSA) is 45.7 Å². The number of hydrogen-bond acceptors (Lipinski definition) is 5. The Bertz CT molecular complexity index is 1010. The summed E-state index contributed by atoms with van der Waals surface area (Å²) in [6.45, 7) is 7.11. The van der Waals surface area contributed by atoms with Gasteiger partial charge in [-0.15, -0.1) is 12.4 Å². The number of ether oxygens (including phenoxy) is 1. The number of carbonyl (C=O) groups is 1. The van der Waals surface area contributed by atoms with Gasteiger partial charge in [0.15, 0.2) is 5.13 Å². The summed E-state index contributed by atoms with van der Waals surface area (Å²) in [4.78, 5) is 22.4. The van der Waals surface area contributed by atoms with Crippen LogP contribution < -0.4 is 4.90 Å². The zero-order valence-electron chi connectivity index (χ0n) is 16.8. The molecule has 0 atom stereocenters. The third-order valence-electron chi connectivity index (χ3n) is 5.04. The number of fused-ring (bicyclic) bond motifs is 1. The van der Waals surface area contributed by atoms with Crippen LogP contribution in [0, 0.1) is 6.92 Å². The second-order valence-electron chi connectivity index (χ2n) is 7.24. The van der Waals surface area contributed by atoms with Gasteiger partial charge in [-0.3, -0.25) is 14.6 Å². The molecule has 0 N–H and O–H groups in total. The molecule has 1 aliphatic rings. The van der Waals surface area contributed by atoms with Crippen LogP contribution in [-0.4, -0.2) is 55.2 Å².